The van der Waals surface area contributed by atoms with E-state index >= 15 is 0 Å². The fourth-order valence-corrected chi connectivity index (χ4v) is 4.71. The van der Waals surface area contributed by atoms with E-state index in [9.17, 15) is 8.42 Å². The maximum atomic E-state index is 12.4. The van der Waals surface area contributed by atoms with Crippen molar-refractivity contribution in [1.29, 1.82) is 5.26 Å². The second kappa shape index (κ2) is 7.60. The quantitative estimate of drug-likeness (QED) is 0.645. The number of nitrogens with one attached hydrogen (secondary N) is 2. The van der Waals surface area contributed by atoms with Gasteiger partial charge in [-0.3, -0.25) is 4.72 Å². The average Bonchev–Trinajstić information content (AvgIpc) is 3.14. The van der Waals surface area contributed by atoms with Crippen molar-refractivity contribution >= 4 is 38.4 Å². The molecule has 0 radical (unpaired) electrons. The van der Waals surface area contributed by atoms with E-state index in [1.165, 1.54) is 11.3 Å². The van der Waals surface area contributed by atoms with E-state index in [4.69, 9.17) is 5.26 Å². The van der Waals surface area contributed by atoms with Gasteiger partial charge in [0.15, 0.2) is 0 Å². The lowest BCUT2D eigenvalue weighted by Gasteiger charge is -2.09. The molecule has 1 aromatic heterocycles. The molecule has 2 aromatic carbocycles. The standard InChI is InChI=1S/C19H17N3O2S2/c1-2-18-10-11-19(25-18)26(23,24)22-16-8-6-15(7-9-16)21-17-5-3-4-14(12-17)13-20/h3-12,21-22H,2H2,1H3. The molecule has 0 saturated heterocycles. The van der Waals surface area contributed by atoms with Crippen molar-refractivity contribution in [1.82, 2.24) is 0 Å². The van der Waals surface area contributed by atoms with Crippen LogP contribution in [0.2, 0.25) is 0 Å². The zero-order chi connectivity index (χ0) is 18.6. The number of nitriles is 1. The molecule has 3 rings (SSSR count). The SMILES string of the molecule is CCc1ccc(S(=O)(=O)Nc2ccc(Nc3cccc(C#N)c3)cc2)s1. The topological polar surface area (TPSA) is 82.0 Å². The van der Waals surface area contributed by atoms with E-state index in [1.54, 1.807) is 48.5 Å². The van der Waals surface area contributed by atoms with Crippen LogP contribution in [-0.2, 0) is 16.4 Å². The van der Waals surface area contributed by atoms with Crippen molar-refractivity contribution in [2.45, 2.75) is 17.6 Å². The zero-order valence-corrected chi connectivity index (χ0v) is 15.7. The Morgan fingerprint density at radius 3 is 2.38 bits per heavy atom. The number of aryl methyl sites for hydroxylation is 1. The molecule has 5 nitrogen and oxygen atoms in total. The van der Waals surface area contributed by atoms with Crippen LogP contribution in [0.4, 0.5) is 17.1 Å². The normalized spacial score (nSPS) is 10.9. The number of nitrogens with zero attached hydrogens (tertiary/aromatic N) is 1. The van der Waals surface area contributed by atoms with Gasteiger partial charge in [0.25, 0.3) is 10.0 Å². The van der Waals surface area contributed by atoms with E-state index < -0.39 is 10.0 Å². The van der Waals surface area contributed by atoms with Crippen molar-refractivity contribution in [2.24, 2.45) is 0 Å². The number of hydrogen-bond donors (Lipinski definition) is 2. The lowest BCUT2D eigenvalue weighted by molar-refractivity contribution is 0.603. The summed E-state index contributed by atoms with van der Waals surface area (Å²) in [7, 11) is -3.57. The highest BCUT2D eigenvalue weighted by Gasteiger charge is 2.16. The number of rotatable bonds is 6. The minimum Gasteiger partial charge on any atom is -0.355 e. The maximum Gasteiger partial charge on any atom is 0.271 e. The van der Waals surface area contributed by atoms with Crippen molar-refractivity contribution in [2.75, 3.05) is 10.0 Å². The van der Waals surface area contributed by atoms with Crippen molar-refractivity contribution in [3.05, 3.63) is 71.1 Å². The third-order valence-electron chi connectivity index (χ3n) is 3.67. The number of sulfonamides is 1. The maximum absolute atomic E-state index is 12.4. The summed E-state index contributed by atoms with van der Waals surface area (Å²) in [6, 6.07) is 19.7. The first-order chi connectivity index (χ1) is 12.5. The summed E-state index contributed by atoms with van der Waals surface area (Å²) in [5.41, 5.74) is 2.66. The van der Waals surface area contributed by atoms with Gasteiger partial charge in [0, 0.05) is 21.9 Å². The Bertz CT molecular complexity index is 1050. The number of thiophene rings is 1. The van der Waals surface area contributed by atoms with Gasteiger partial charge in [-0.15, -0.1) is 11.3 Å². The van der Waals surface area contributed by atoms with Crippen LogP contribution < -0.4 is 10.0 Å². The van der Waals surface area contributed by atoms with Gasteiger partial charge in [0.05, 0.1) is 11.6 Å². The largest absolute Gasteiger partial charge is 0.355 e. The fraction of sp³-hybridized carbons (Fsp3) is 0.105. The molecule has 132 valence electrons. The summed E-state index contributed by atoms with van der Waals surface area (Å²) in [6.45, 7) is 1.99. The van der Waals surface area contributed by atoms with E-state index in [-0.39, 0.29) is 0 Å². The first-order valence-electron chi connectivity index (χ1n) is 7.99. The third-order valence-corrected chi connectivity index (χ3v) is 6.77. The van der Waals surface area contributed by atoms with E-state index in [2.05, 4.69) is 16.1 Å². The molecular formula is C19H17N3O2S2. The van der Waals surface area contributed by atoms with Crippen LogP contribution in [0.3, 0.4) is 0 Å². The van der Waals surface area contributed by atoms with Gasteiger partial charge in [-0.05, 0) is 61.0 Å². The highest BCUT2D eigenvalue weighted by atomic mass is 32.2. The van der Waals surface area contributed by atoms with Crippen LogP contribution in [0.5, 0.6) is 0 Å². The molecule has 0 saturated carbocycles. The van der Waals surface area contributed by atoms with Crippen LogP contribution in [0, 0.1) is 11.3 Å². The third kappa shape index (κ3) is 4.23. The highest BCUT2D eigenvalue weighted by molar-refractivity contribution is 7.94. The monoisotopic (exact) mass is 383 g/mol. The Labute approximate surface area is 157 Å². The summed E-state index contributed by atoms with van der Waals surface area (Å²) >= 11 is 1.28. The number of hydrogen-bond acceptors (Lipinski definition) is 5. The van der Waals surface area contributed by atoms with Crippen LogP contribution in [-0.4, -0.2) is 8.42 Å². The summed E-state index contributed by atoms with van der Waals surface area (Å²) in [6.07, 6.45) is 0.813. The molecule has 3 aromatic rings. The Kier molecular flexibility index (Phi) is 5.26. The second-order valence-corrected chi connectivity index (χ2v) is 8.65. The first kappa shape index (κ1) is 18.0. The van der Waals surface area contributed by atoms with Crippen LogP contribution in [0.1, 0.15) is 17.4 Å². The zero-order valence-electron chi connectivity index (χ0n) is 14.1. The van der Waals surface area contributed by atoms with Gasteiger partial charge in [-0.25, -0.2) is 8.42 Å². The highest BCUT2D eigenvalue weighted by Crippen LogP contribution is 2.25. The summed E-state index contributed by atoms with van der Waals surface area (Å²) in [4.78, 5) is 1.03. The van der Waals surface area contributed by atoms with Gasteiger partial charge in [-0.1, -0.05) is 13.0 Å². The number of anilines is 3. The summed E-state index contributed by atoms with van der Waals surface area (Å²) < 4.78 is 27.8. The van der Waals surface area contributed by atoms with Crippen molar-refractivity contribution in [3.63, 3.8) is 0 Å². The molecule has 0 unspecified atom stereocenters. The Morgan fingerprint density at radius 1 is 1.00 bits per heavy atom. The molecule has 2 N–H and O–H groups in total. The van der Waals surface area contributed by atoms with E-state index in [0.717, 1.165) is 22.7 Å². The van der Waals surface area contributed by atoms with Gasteiger partial charge >= 0.3 is 0 Å². The van der Waals surface area contributed by atoms with Crippen molar-refractivity contribution < 1.29 is 8.42 Å². The minimum atomic E-state index is -3.57. The van der Waals surface area contributed by atoms with Gasteiger partial charge in [0.1, 0.15) is 4.21 Å². The lowest BCUT2D eigenvalue weighted by Crippen LogP contribution is -2.11. The molecule has 1 heterocycles. The Balaban J connectivity index is 1.72. The molecule has 0 aliphatic rings. The molecule has 26 heavy (non-hydrogen) atoms. The summed E-state index contributed by atoms with van der Waals surface area (Å²) in [5, 5.41) is 12.1. The molecule has 0 amide bonds. The molecular weight excluding hydrogens is 366 g/mol. The van der Waals surface area contributed by atoms with Crippen molar-refractivity contribution in [3.8, 4) is 6.07 Å². The molecule has 0 bridgehead atoms. The molecule has 0 spiro atoms. The van der Waals surface area contributed by atoms with Crippen LogP contribution in [0.15, 0.2) is 64.9 Å². The van der Waals surface area contributed by atoms with Gasteiger partial charge < -0.3 is 5.32 Å². The predicted molar refractivity (Wildman–Crippen MR) is 105 cm³/mol. The predicted octanol–water partition coefficient (Wildman–Crippen LogP) is 4.73. The first-order valence-corrected chi connectivity index (χ1v) is 10.3. The lowest BCUT2D eigenvalue weighted by atomic mass is 10.2. The van der Waals surface area contributed by atoms with E-state index in [1.807, 2.05) is 19.1 Å². The Hall–Kier alpha value is -2.82. The van der Waals surface area contributed by atoms with Gasteiger partial charge in [0.2, 0.25) is 0 Å². The van der Waals surface area contributed by atoms with Crippen LogP contribution in [0.25, 0.3) is 0 Å². The Morgan fingerprint density at radius 2 is 1.73 bits per heavy atom. The molecule has 0 aliphatic heterocycles. The molecule has 0 aliphatic carbocycles. The average molecular weight is 383 g/mol. The van der Waals surface area contributed by atoms with E-state index in [0.29, 0.717) is 15.5 Å². The number of benzene rings is 2. The minimum absolute atomic E-state index is 0.310. The molecule has 0 atom stereocenters. The smallest absolute Gasteiger partial charge is 0.271 e. The fourth-order valence-electron chi connectivity index (χ4n) is 2.35. The van der Waals surface area contributed by atoms with Gasteiger partial charge in [-0.2, -0.15) is 5.26 Å². The molecule has 0 fully saturated rings. The van der Waals surface area contributed by atoms with Crippen LogP contribution >= 0.6 is 11.3 Å². The summed E-state index contributed by atoms with van der Waals surface area (Å²) in [5.74, 6) is 0. The molecule has 7 heteroatoms. The second-order valence-electron chi connectivity index (χ2n) is 5.57.